The summed E-state index contributed by atoms with van der Waals surface area (Å²) in [4.78, 5) is 21.3. The second kappa shape index (κ2) is 7.15. The molecule has 3 aromatic heterocycles. The van der Waals surface area contributed by atoms with Crippen LogP contribution in [0.2, 0.25) is 0 Å². The SMILES string of the molecule is CC[C@H](NC(=O)Nc1c(C)nn(C(C)C)c1C)c1cn2cccnc2n1. The summed E-state index contributed by atoms with van der Waals surface area (Å²) >= 11 is 0. The fraction of sp³-hybridized carbons (Fsp3) is 0.444. The molecule has 3 heterocycles. The van der Waals surface area contributed by atoms with E-state index >= 15 is 0 Å². The Morgan fingerprint density at radius 1 is 1.31 bits per heavy atom. The molecular formula is C18H25N7O. The number of carbonyl (C=O) groups excluding carboxylic acids is 1. The Balaban J connectivity index is 1.76. The maximum atomic E-state index is 12.5. The molecule has 0 unspecified atom stereocenters. The van der Waals surface area contributed by atoms with Crippen LogP contribution < -0.4 is 10.6 Å². The molecule has 0 spiro atoms. The van der Waals surface area contributed by atoms with Crippen molar-refractivity contribution in [3.63, 3.8) is 0 Å². The van der Waals surface area contributed by atoms with E-state index in [9.17, 15) is 4.79 Å². The first-order chi connectivity index (χ1) is 12.4. The second-order valence-electron chi connectivity index (χ2n) is 6.64. The summed E-state index contributed by atoms with van der Waals surface area (Å²) in [6, 6.07) is 1.62. The van der Waals surface area contributed by atoms with E-state index in [4.69, 9.17) is 0 Å². The van der Waals surface area contributed by atoms with Crippen LogP contribution in [0.3, 0.4) is 0 Å². The van der Waals surface area contributed by atoms with Crippen LogP contribution in [0.5, 0.6) is 0 Å². The number of rotatable bonds is 5. The lowest BCUT2D eigenvalue weighted by Gasteiger charge is -2.16. The number of hydrogen-bond acceptors (Lipinski definition) is 4. The summed E-state index contributed by atoms with van der Waals surface area (Å²) in [6.07, 6.45) is 6.20. The Hall–Kier alpha value is -2.90. The van der Waals surface area contributed by atoms with Gasteiger partial charge in [-0.15, -0.1) is 0 Å². The van der Waals surface area contributed by atoms with Gasteiger partial charge in [-0.05, 0) is 40.2 Å². The summed E-state index contributed by atoms with van der Waals surface area (Å²) in [5.74, 6) is 0.619. The molecule has 0 saturated heterocycles. The highest BCUT2D eigenvalue weighted by Gasteiger charge is 2.19. The van der Waals surface area contributed by atoms with E-state index in [1.807, 2.05) is 48.3 Å². The van der Waals surface area contributed by atoms with Crippen LogP contribution >= 0.6 is 0 Å². The molecule has 0 aliphatic carbocycles. The first-order valence-electron chi connectivity index (χ1n) is 8.83. The Kier molecular flexibility index (Phi) is 4.92. The van der Waals surface area contributed by atoms with Gasteiger partial charge in [-0.25, -0.2) is 14.8 Å². The van der Waals surface area contributed by atoms with Crippen molar-refractivity contribution in [2.24, 2.45) is 0 Å². The van der Waals surface area contributed by atoms with E-state index in [0.29, 0.717) is 5.78 Å². The Bertz CT molecular complexity index is 892. The minimum Gasteiger partial charge on any atom is -0.329 e. The van der Waals surface area contributed by atoms with E-state index in [2.05, 4.69) is 39.5 Å². The number of anilines is 1. The Labute approximate surface area is 152 Å². The average Bonchev–Trinajstić information content (AvgIpc) is 3.15. The third-order valence-electron chi connectivity index (χ3n) is 4.38. The van der Waals surface area contributed by atoms with Gasteiger partial charge in [-0.2, -0.15) is 5.10 Å². The number of imidazole rings is 1. The number of aromatic nitrogens is 5. The van der Waals surface area contributed by atoms with Gasteiger partial charge in [0.2, 0.25) is 5.78 Å². The highest BCUT2D eigenvalue weighted by atomic mass is 16.2. The summed E-state index contributed by atoms with van der Waals surface area (Å²) in [5.41, 5.74) is 3.28. The molecule has 0 bridgehead atoms. The van der Waals surface area contributed by atoms with E-state index < -0.39 is 0 Å². The number of nitrogens with one attached hydrogen (secondary N) is 2. The van der Waals surface area contributed by atoms with Gasteiger partial charge in [0.1, 0.15) is 0 Å². The third kappa shape index (κ3) is 3.40. The molecule has 26 heavy (non-hydrogen) atoms. The molecule has 138 valence electrons. The predicted octanol–water partition coefficient (Wildman–Crippen LogP) is 3.40. The molecule has 0 aliphatic rings. The quantitative estimate of drug-likeness (QED) is 0.734. The molecule has 8 nitrogen and oxygen atoms in total. The largest absolute Gasteiger partial charge is 0.329 e. The first kappa shape index (κ1) is 17.9. The van der Waals surface area contributed by atoms with Crippen LogP contribution in [0, 0.1) is 13.8 Å². The van der Waals surface area contributed by atoms with E-state index in [0.717, 1.165) is 29.2 Å². The number of urea groups is 1. The first-order valence-corrected chi connectivity index (χ1v) is 8.83. The van der Waals surface area contributed by atoms with Gasteiger partial charge in [0.15, 0.2) is 0 Å². The van der Waals surface area contributed by atoms with Gasteiger partial charge in [-0.3, -0.25) is 9.08 Å². The average molecular weight is 355 g/mol. The highest BCUT2D eigenvalue weighted by molar-refractivity contribution is 5.90. The number of carbonyl (C=O) groups is 1. The molecule has 0 saturated carbocycles. The molecular weight excluding hydrogens is 330 g/mol. The molecule has 1 atom stereocenters. The summed E-state index contributed by atoms with van der Waals surface area (Å²) in [5, 5.41) is 10.4. The predicted molar refractivity (Wildman–Crippen MR) is 100 cm³/mol. The summed E-state index contributed by atoms with van der Waals surface area (Å²) in [7, 11) is 0. The lowest BCUT2D eigenvalue weighted by atomic mass is 10.2. The van der Waals surface area contributed by atoms with Crippen molar-refractivity contribution < 1.29 is 4.79 Å². The topological polar surface area (TPSA) is 89.1 Å². The number of fused-ring (bicyclic) bond motifs is 1. The van der Waals surface area contributed by atoms with E-state index in [1.165, 1.54) is 0 Å². The molecule has 8 heteroatoms. The molecule has 0 fully saturated rings. The molecule has 0 aliphatic heterocycles. The van der Waals surface area contributed by atoms with Gasteiger partial charge in [0.25, 0.3) is 0 Å². The molecule has 0 aromatic carbocycles. The molecule has 0 radical (unpaired) electrons. The molecule has 3 aromatic rings. The third-order valence-corrected chi connectivity index (χ3v) is 4.38. The standard InChI is InChI=1S/C18H25N7O/c1-6-14(15-10-24-9-7-8-19-17(24)20-15)21-18(26)22-16-12(4)23-25(11(2)3)13(16)5/h7-11,14H,6H2,1-5H3,(H2,21,22,26)/t14-/m0/s1. The van der Waals surface area contributed by atoms with Gasteiger partial charge in [-0.1, -0.05) is 6.92 Å². The lowest BCUT2D eigenvalue weighted by Crippen LogP contribution is -2.32. The van der Waals surface area contributed by atoms with E-state index in [1.54, 1.807) is 6.20 Å². The Morgan fingerprint density at radius 2 is 2.08 bits per heavy atom. The van der Waals surface area contributed by atoms with Crippen LogP contribution in [-0.2, 0) is 0 Å². The maximum Gasteiger partial charge on any atom is 0.319 e. The number of nitrogens with zero attached hydrogens (tertiary/aromatic N) is 5. The van der Waals surface area contributed by atoms with Crippen LogP contribution in [0.4, 0.5) is 10.5 Å². The fourth-order valence-corrected chi connectivity index (χ4v) is 3.06. The fourth-order valence-electron chi connectivity index (χ4n) is 3.06. The zero-order chi connectivity index (χ0) is 18.8. The molecule has 2 amide bonds. The number of hydrogen-bond donors (Lipinski definition) is 2. The van der Waals surface area contributed by atoms with Crippen LogP contribution in [0.25, 0.3) is 5.78 Å². The van der Waals surface area contributed by atoms with Gasteiger partial charge in [0.05, 0.1) is 28.8 Å². The van der Waals surface area contributed by atoms with Crippen molar-refractivity contribution in [1.29, 1.82) is 0 Å². The Morgan fingerprint density at radius 3 is 2.69 bits per heavy atom. The highest BCUT2D eigenvalue weighted by Crippen LogP contribution is 2.23. The zero-order valence-electron chi connectivity index (χ0n) is 15.8. The zero-order valence-corrected chi connectivity index (χ0v) is 15.8. The van der Waals surface area contributed by atoms with Gasteiger partial charge < -0.3 is 10.6 Å². The maximum absolute atomic E-state index is 12.5. The normalized spacial score (nSPS) is 12.5. The van der Waals surface area contributed by atoms with Crippen molar-refractivity contribution in [3.05, 3.63) is 41.7 Å². The van der Waals surface area contributed by atoms with Gasteiger partial charge in [0, 0.05) is 24.6 Å². The summed E-state index contributed by atoms with van der Waals surface area (Å²) < 4.78 is 3.76. The number of amides is 2. The monoisotopic (exact) mass is 355 g/mol. The van der Waals surface area contributed by atoms with Crippen molar-refractivity contribution in [1.82, 2.24) is 29.5 Å². The second-order valence-corrected chi connectivity index (χ2v) is 6.64. The smallest absolute Gasteiger partial charge is 0.319 e. The van der Waals surface area contributed by atoms with Crippen molar-refractivity contribution in [3.8, 4) is 0 Å². The van der Waals surface area contributed by atoms with Crippen molar-refractivity contribution in [2.45, 2.75) is 53.1 Å². The van der Waals surface area contributed by atoms with E-state index in [-0.39, 0.29) is 18.1 Å². The molecule has 2 N–H and O–H groups in total. The van der Waals surface area contributed by atoms with Crippen LogP contribution in [0.1, 0.15) is 56.4 Å². The van der Waals surface area contributed by atoms with Crippen LogP contribution in [-0.4, -0.2) is 30.2 Å². The van der Waals surface area contributed by atoms with Gasteiger partial charge >= 0.3 is 6.03 Å². The van der Waals surface area contributed by atoms with Crippen molar-refractivity contribution >= 4 is 17.5 Å². The van der Waals surface area contributed by atoms with Crippen LogP contribution in [0.15, 0.2) is 24.7 Å². The minimum atomic E-state index is -0.267. The molecule has 3 rings (SSSR count). The minimum absolute atomic E-state index is 0.197. The number of aryl methyl sites for hydroxylation is 1. The van der Waals surface area contributed by atoms with Crippen molar-refractivity contribution in [2.75, 3.05) is 5.32 Å². The summed E-state index contributed by atoms with van der Waals surface area (Å²) in [6.45, 7) is 9.99. The lowest BCUT2D eigenvalue weighted by molar-refractivity contribution is 0.248.